The molecule has 1 aliphatic heterocycles. The molecule has 0 aliphatic carbocycles. The fourth-order valence-electron chi connectivity index (χ4n) is 2.55. The monoisotopic (exact) mass is 297 g/mol. The zero-order chi connectivity index (χ0) is 13.2. The minimum absolute atomic E-state index is 0. The Morgan fingerprint density at radius 1 is 1.40 bits per heavy atom. The van der Waals surface area contributed by atoms with E-state index in [0.717, 1.165) is 26.2 Å². The van der Waals surface area contributed by atoms with Crippen LogP contribution >= 0.6 is 12.4 Å². The van der Waals surface area contributed by atoms with E-state index < -0.39 is 0 Å². The van der Waals surface area contributed by atoms with Crippen molar-refractivity contribution in [2.24, 2.45) is 0 Å². The molecule has 3 rings (SSSR count). The molecular formula is C13H20ClN5O. The van der Waals surface area contributed by atoms with E-state index in [1.807, 2.05) is 18.2 Å². The third-order valence-electron chi connectivity index (χ3n) is 3.73. The molecule has 0 saturated carbocycles. The van der Waals surface area contributed by atoms with Crippen LogP contribution in [0.3, 0.4) is 0 Å². The van der Waals surface area contributed by atoms with Gasteiger partial charge in [-0.15, -0.1) is 17.5 Å². The molecule has 0 aromatic carbocycles. The SMILES string of the molecule is C[C@H]1CNCCN1CCn1nc2ccccn2c1=O.Cl. The van der Waals surface area contributed by atoms with Crippen LogP contribution in [-0.2, 0) is 6.54 Å². The lowest BCUT2D eigenvalue weighted by molar-refractivity contribution is 0.165. The predicted octanol–water partition coefficient (Wildman–Crippen LogP) is 0.211. The molecule has 1 fully saturated rings. The third kappa shape index (κ3) is 2.87. The zero-order valence-electron chi connectivity index (χ0n) is 11.5. The Labute approximate surface area is 123 Å². The quantitative estimate of drug-likeness (QED) is 0.880. The largest absolute Gasteiger partial charge is 0.350 e. The maximum absolute atomic E-state index is 12.1. The number of rotatable bonds is 3. The Morgan fingerprint density at radius 3 is 3.00 bits per heavy atom. The van der Waals surface area contributed by atoms with Crippen LogP contribution in [0.1, 0.15) is 6.92 Å². The van der Waals surface area contributed by atoms with Crippen molar-refractivity contribution in [3.63, 3.8) is 0 Å². The van der Waals surface area contributed by atoms with Gasteiger partial charge >= 0.3 is 5.69 Å². The van der Waals surface area contributed by atoms with E-state index in [1.165, 1.54) is 0 Å². The smallest absolute Gasteiger partial charge is 0.314 e. The highest BCUT2D eigenvalue weighted by molar-refractivity contribution is 5.85. The molecule has 2 aromatic rings. The van der Waals surface area contributed by atoms with Crippen LogP contribution in [0.25, 0.3) is 5.65 Å². The minimum atomic E-state index is -0.0570. The number of aromatic nitrogens is 3. The predicted molar refractivity (Wildman–Crippen MR) is 80.6 cm³/mol. The molecule has 2 aromatic heterocycles. The molecule has 110 valence electrons. The second-order valence-corrected chi connectivity index (χ2v) is 5.02. The van der Waals surface area contributed by atoms with E-state index in [4.69, 9.17) is 0 Å². The van der Waals surface area contributed by atoms with Crippen LogP contribution in [-0.4, -0.2) is 51.3 Å². The van der Waals surface area contributed by atoms with Crippen molar-refractivity contribution in [3.05, 3.63) is 34.9 Å². The van der Waals surface area contributed by atoms with E-state index in [2.05, 4.69) is 22.2 Å². The van der Waals surface area contributed by atoms with Crippen molar-refractivity contribution in [3.8, 4) is 0 Å². The lowest BCUT2D eigenvalue weighted by Gasteiger charge is -2.33. The Balaban J connectivity index is 0.00000147. The Bertz CT molecular complexity index is 622. The van der Waals surface area contributed by atoms with Crippen LogP contribution in [0.4, 0.5) is 0 Å². The normalized spacial score (nSPS) is 19.9. The topological polar surface area (TPSA) is 54.6 Å². The molecule has 7 heteroatoms. The lowest BCUT2D eigenvalue weighted by atomic mass is 10.2. The fourth-order valence-corrected chi connectivity index (χ4v) is 2.55. The summed E-state index contributed by atoms with van der Waals surface area (Å²) in [5.41, 5.74) is 0.652. The van der Waals surface area contributed by atoms with Gasteiger partial charge in [-0.1, -0.05) is 6.07 Å². The number of piperazine rings is 1. The molecule has 0 bridgehead atoms. The van der Waals surface area contributed by atoms with Gasteiger partial charge in [0.05, 0.1) is 6.54 Å². The zero-order valence-corrected chi connectivity index (χ0v) is 12.3. The highest BCUT2D eigenvalue weighted by atomic mass is 35.5. The number of nitrogens with zero attached hydrogens (tertiary/aromatic N) is 4. The molecule has 3 heterocycles. The summed E-state index contributed by atoms with van der Waals surface area (Å²) in [5, 5.41) is 7.71. The number of pyridine rings is 1. The molecule has 6 nitrogen and oxygen atoms in total. The molecule has 0 radical (unpaired) electrons. The maximum atomic E-state index is 12.1. The number of hydrogen-bond donors (Lipinski definition) is 1. The van der Waals surface area contributed by atoms with Gasteiger partial charge in [-0.25, -0.2) is 9.48 Å². The highest BCUT2D eigenvalue weighted by Gasteiger charge is 2.17. The summed E-state index contributed by atoms with van der Waals surface area (Å²) in [4.78, 5) is 14.5. The van der Waals surface area contributed by atoms with Crippen LogP contribution in [0.2, 0.25) is 0 Å². The average Bonchev–Trinajstić information content (AvgIpc) is 2.75. The van der Waals surface area contributed by atoms with Crippen LogP contribution in [0.5, 0.6) is 0 Å². The van der Waals surface area contributed by atoms with Crippen molar-refractivity contribution < 1.29 is 0 Å². The van der Waals surface area contributed by atoms with E-state index in [1.54, 1.807) is 15.3 Å². The summed E-state index contributed by atoms with van der Waals surface area (Å²) in [7, 11) is 0. The van der Waals surface area contributed by atoms with E-state index in [0.29, 0.717) is 18.2 Å². The van der Waals surface area contributed by atoms with Gasteiger partial charge in [0.15, 0.2) is 5.65 Å². The first-order chi connectivity index (χ1) is 9.25. The number of hydrogen-bond acceptors (Lipinski definition) is 4. The number of halogens is 1. The van der Waals surface area contributed by atoms with Crippen molar-refractivity contribution >= 4 is 18.1 Å². The summed E-state index contributed by atoms with van der Waals surface area (Å²) >= 11 is 0. The van der Waals surface area contributed by atoms with E-state index >= 15 is 0 Å². The molecule has 0 amide bonds. The molecule has 20 heavy (non-hydrogen) atoms. The van der Waals surface area contributed by atoms with Gasteiger partial charge < -0.3 is 5.32 Å². The van der Waals surface area contributed by atoms with Gasteiger partial charge in [0, 0.05) is 38.4 Å². The van der Waals surface area contributed by atoms with Crippen molar-refractivity contribution in [1.82, 2.24) is 24.4 Å². The van der Waals surface area contributed by atoms with Gasteiger partial charge in [-0.2, -0.15) is 0 Å². The second kappa shape index (κ2) is 6.39. The fraction of sp³-hybridized carbons (Fsp3) is 0.538. The van der Waals surface area contributed by atoms with Gasteiger partial charge in [0.25, 0.3) is 0 Å². The first-order valence-electron chi connectivity index (χ1n) is 6.75. The molecule has 0 unspecified atom stereocenters. The van der Waals surface area contributed by atoms with Gasteiger partial charge in [-0.05, 0) is 19.1 Å². The van der Waals surface area contributed by atoms with E-state index in [-0.39, 0.29) is 18.1 Å². The molecule has 1 saturated heterocycles. The summed E-state index contributed by atoms with van der Waals surface area (Å²) in [5.74, 6) is 0. The molecule has 0 spiro atoms. The van der Waals surface area contributed by atoms with Crippen molar-refractivity contribution in [2.75, 3.05) is 26.2 Å². The van der Waals surface area contributed by atoms with Gasteiger partial charge in [0.1, 0.15) is 0 Å². The summed E-state index contributed by atoms with van der Waals surface area (Å²) < 4.78 is 3.14. The van der Waals surface area contributed by atoms with Gasteiger partial charge in [0.2, 0.25) is 0 Å². The molecule has 1 aliphatic rings. The highest BCUT2D eigenvalue weighted by Crippen LogP contribution is 2.02. The Morgan fingerprint density at radius 2 is 2.25 bits per heavy atom. The van der Waals surface area contributed by atoms with Crippen molar-refractivity contribution in [1.29, 1.82) is 0 Å². The number of nitrogens with one attached hydrogen (secondary N) is 1. The Hall–Kier alpha value is -1.37. The first kappa shape index (κ1) is 15.0. The third-order valence-corrected chi connectivity index (χ3v) is 3.73. The van der Waals surface area contributed by atoms with Crippen molar-refractivity contribution in [2.45, 2.75) is 19.5 Å². The number of fused-ring (bicyclic) bond motifs is 1. The summed E-state index contributed by atoms with van der Waals surface area (Å²) in [6.07, 6.45) is 1.76. The summed E-state index contributed by atoms with van der Waals surface area (Å²) in [6, 6.07) is 6.11. The van der Waals surface area contributed by atoms with Crippen LogP contribution in [0, 0.1) is 0 Å². The minimum Gasteiger partial charge on any atom is -0.314 e. The van der Waals surface area contributed by atoms with Crippen LogP contribution in [0.15, 0.2) is 29.2 Å². The molecular weight excluding hydrogens is 278 g/mol. The second-order valence-electron chi connectivity index (χ2n) is 5.02. The summed E-state index contributed by atoms with van der Waals surface area (Å²) in [6.45, 7) is 6.78. The molecule has 1 N–H and O–H groups in total. The Kier molecular flexibility index (Phi) is 4.80. The van der Waals surface area contributed by atoms with Gasteiger partial charge in [-0.3, -0.25) is 9.30 Å². The maximum Gasteiger partial charge on any atom is 0.350 e. The van der Waals surface area contributed by atoms with E-state index in [9.17, 15) is 4.79 Å². The lowest BCUT2D eigenvalue weighted by Crippen LogP contribution is -2.50. The first-order valence-corrected chi connectivity index (χ1v) is 6.75. The average molecular weight is 298 g/mol. The van der Waals surface area contributed by atoms with Crippen LogP contribution < -0.4 is 11.0 Å². The standard InChI is InChI=1S/C13H19N5O.ClH/c1-11-10-14-5-7-16(11)8-9-18-13(19)17-6-3-2-4-12(17)15-18;/h2-4,6,11,14H,5,7-10H2,1H3;1H/t11-;/m0./s1. The molecule has 1 atom stereocenters.